The minimum Gasteiger partial charge on any atom is -0.389 e. The summed E-state index contributed by atoms with van der Waals surface area (Å²) in [6.45, 7) is 3.61. The lowest BCUT2D eigenvalue weighted by atomic mass is 10.3. The third kappa shape index (κ3) is 3.20. The number of aliphatic hydroxyl groups excluding tert-OH is 1. The molecule has 0 radical (unpaired) electrons. The summed E-state index contributed by atoms with van der Waals surface area (Å²) in [6.07, 6.45) is 3.40. The molecule has 7 heteroatoms. The number of hydrogen-bond acceptors (Lipinski definition) is 6. The van der Waals surface area contributed by atoms with Crippen molar-refractivity contribution in [1.82, 2.24) is 14.9 Å². The van der Waals surface area contributed by atoms with E-state index in [1.165, 1.54) is 11.2 Å². The summed E-state index contributed by atoms with van der Waals surface area (Å²) in [5, 5.41) is 14.3. The number of nitrogens with one attached hydrogen (secondary N) is 1. The van der Waals surface area contributed by atoms with E-state index in [9.17, 15) is 9.90 Å². The Morgan fingerprint density at radius 3 is 3.09 bits per heavy atom. The monoisotopic (exact) mass is 320 g/mol. The summed E-state index contributed by atoms with van der Waals surface area (Å²) in [4.78, 5) is 24.1. The normalized spacial score (nSPS) is 16.5. The van der Waals surface area contributed by atoms with E-state index in [1.54, 1.807) is 16.2 Å². The quantitative estimate of drug-likeness (QED) is 0.846. The molecule has 1 unspecified atom stereocenters. The molecule has 1 aliphatic heterocycles. The van der Waals surface area contributed by atoms with Crippen LogP contribution in [0.5, 0.6) is 0 Å². The lowest BCUT2D eigenvalue weighted by molar-refractivity contribution is -0.128. The maximum absolute atomic E-state index is 11.6. The Balaban J connectivity index is 1.63. The van der Waals surface area contributed by atoms with Gasteiger partial charge < -0.3 is 15.3 Å². The second kappa shape index (κ2) is 6.58. The first kappa shape index (κ1) is 15.2. The number of aliphatic hydroxyl groups is 1. The molecule has 22 heavy (non-hydrogen) atoms. The first-order valence-electron chi connectivity index (χ1n) is 7.60. The Morgan fingerprint density at radius 2 is 2.36 bits per heavy atom. The van der Waals surface area contributed by atoms with Gasteiger partial charge in [-0.15, -0.1) is 11.3 Å². The lowest BCUT2D eigenvalue weighted by Gasteiger charge is -2.20. The van der Waals surface area contributed by atoms with Crippen molar-refractivity contribution in [1.29, 1.82) is 0 Å². The fourth-order valence-corrected chi connectivity index (χ4v) is 3.59. The maximum atomic E-state index is 11.6. The number of amides is 1. The van der Waals surface area contributed by atoms with Crippen LogP contribution in [-0.4, -0.2) is 51.6 Å². The van der Waals surface area contributed by atoms with Gasteiger partial charge in [0.2, 0.25) is 5.91 Å². The van der Waals surface area contributed by atoms with Gasteiger partial charge in [0.15, 0.2) is 0 Å². The highest BCUT2D eigenvalue weighted by Gasteiger charge is 2.22. The number of rotatable bonds is 6. The molecule has 0 spiro atoms. The second-order valence-corrected chi connectivity index (χ2v) is 6.60. The number of aromatic nitrogens is 2. The number of hydrogen-bond donors (Lipinski definition) is 2. The molecule has 3 rings (SSSR count). The number of carbonyl (C=O) groups excluding carboxylic acids is 1. The van der Waals surface area contributed by atoms with Gasteiger partial charge in [0.05, 0.1) is 11.5 Å². The van der Waals surface area contributed by atoms with Crippen LogP contribution in [0.2, 0.25) is 0 Å². The molecule has 118 valence electrons. The Bertz CT molecular complexity index is 673. The Morgan fingerprint density at radius 1 is 1.50 bits per heavy atom. The van der Waals surface area contributed by atoms with E-state index in [0.29, 0.717) is 19.5 Å². The van der Waals surface area contributed by atoms with Gasteiger partial charge in [-0.25, -0.2) is 9.97 Å². The molecular weight excluding hydrogens is 300 g/mol. The number of carbonyl (C=O) groups is 1. The van der Waals surface area contributed by atoms with E-state index in [-0.39, 0.29) is 5.91 Å². The van der Waals surface area contributed by atoms with Crippen molar-refractivity contribution in [3.8, 4) is 0 Å². The van der Waals surface area contributed by atoms with Crippen LogP contribution in [0, 0.1) is 0 Å². The third-order valence-electron chi connectivity index (χ3n) is 3.84. The first-order chi connectivity index (χ1) is 10.7. The summed E-state index contributed by atoms with van der Waals surface area (Å²) in [7, 11) is 0. The smallest absolute Gasteiger partial charge is 0.222 e. The third-order valence-corrected chi connectivity index (χ3v) is 5.02. The molecule has 1 saturated heterocycles. The number of likely N-dealkylation sites (tertiary alicyclic amines) is 1. The number of thiophene rings is 1. The highest BCUT2D eigenvalue weighted by molar-refractivity contribution is 7.18. The molecule has 1 amide bonds. The number of anilines is 1. The van der Waals surface area contributed by atoms with E-state index in [2.05, 4.69) is 28.3 Å². The van der Waals surface area contributed by atoms with Crippen molar-refractivity contribution >= 4 is 33.3 Å². The fourth-order valence-electron chi connectivity index (χ4n) is 2.65. The maximum Gasteiger partial charge on any atom is 0.222 e. The highest BCUT2D eigenvalue weighted by Crippen LogP contribution is 2.28. The molecule has 1 fully saturated rings. The van der Waals surface area contributed by atoms with Crippen LogP contribution in [0.1, 0.15) is 24.6 Å². The highest BCUT2D eigenvalue weighted by atomic mass is 32.1. The van der Waals surface area contributed by atoms with Gasteiger partial charge >= 0.3 is 0 Å². The lowest BCUT2D eigenvalue weighted by Crippen LogP contribution is -2.36. The molecule has 0 aliphatic carbocycles. The molecule has 2 N–H and O–H groups in total. The zero-order chi connectivity index (χ0) is 15.5. The number of fused-ring (bicyclic) bond motifs is 1. The first-order valence-corrected chi connectivity index (χ1v) is 8.42. The molecule has 0 saturated carbocycles. The van der Waals surface area contributed by atoms with E-state index >= 15 is 0 Å². The van der Waals surface area contributed by atoms with Crippen molar-refractivity contribution in [3.05, 3.63) is 17.3 Å². The van der Waals surface area contributed by atoms with Gasteiger partial charge in [0.1, 0.15) is 17.0 Å². The topological polar surface area (TPSA) is 78.4 Å². The average Bonchev–Trinajstić information content (AvgIpc) is 3.11. The molecule has 2 aromatic rings. The van der Waals surface area contributed by atoms with Gasteiger partial charge in [-0.3, -0.25) is 4.79 Å². The van der Waals surface area contributed by atoms with Crippen LogP contribution in [-0.2, 0) is 11.2 Å². The van der Waals surface area contributed by atoms with Crippen molar-refractivity contribution in [2.45, 2.75) is 32.3 Å². The summed E-state index contributed by atoms with van der Waals surface area (Å²) >= 11 is 1.67. The SMILES string of the molecule is CCc1cc2c(NCC(O)CN3CCCC3=O)ncnc2s1. The number of aryl methyl sites for hydroxylation is 1. The van der Waals surface area contributed by atoms with Crippen molar-refractivity contribution in [2.75, 3.05) is 25.0 Å². The molecule has 3 heterocycles. The van der Waals surface area contributed by atoms with Crippen LogP contribution in [0.4, 0.5) is 5.82 Å². The summed E-state index contributed by atoms with van der Waals surface area (Å²) in [5.41, 5.74) is 0. The minimum atomic E-state index is -0.601. The second-order valence-electron chi connectivity index (χ2n) is 5.49. The Labute approximate surface area is 133 Å². The van der Waals surface area contributed by atoms with Crippen molar-refractivity contribution in [2.24, 2.45) is 0 Å². The van der Waals surface area contributed by atoms with Crippen LogP contribution in [0.3, 0.4) is 0 Å². The summed E-state index contributed by atoms with van der Waals surface area (Å²) < 4.78 is 0. The average molecular weight is 320 g/mol. The van der Waals surface area contributed by atoms with E-state index in [1.807, 2.05) is 0 Å². The molecule has 0 aromatic carbocycles. The van der Waals surface area contributed by atoms with Gasteiger partial charge in [-0.1, -0.05) is 6.92 Å². The van der Waals surface area contributed by atoms with Gasteiger partial charge in [-0.05, 0) is 18.9 Å². The summed E-state index contributed by atoms with van der Waals surface area (Å²) in [6, 6.07) is 2.10. The molecule has 6 nitrogen and oxygen atoms in total. The minimum absolute atomic E-state index is 0.133. The standard InChI is InChI=1S/C15H20N4O2S/c1-2-11-6-12-14(17-9-18-15(12)22-11)16-7-10(20)8-19-5-3-4-13(19)21/h6,9-10,20H,2-5,7-8H2,1H3,(H,16,17,18). The molecule has 1 atom stereocenters. The van der Waals surface area contributed by atoms with Crippen LogP contribution in [0.15, 0.2) is 12.4 Å². The molecular formula is C15H20N4O2S. The molecule has 2 aromatic heterocycles. The predicted molar refractivity (Wildman–Crippen MR) is 87.1 cm³/mol. The van der Waals surface area contributed by atoms with Crippen LogP contribution in [0.25, 0.3) is 10.2 Å². The Hall–Kier alpha value is -1.73. The predicted octanol–water partition coefficient (Wildman–Crippen LogP) is 1.65. The summed E-state index contributed by atoms with van der Waals surface area (Å²) in [5.74, 6) is 0.877. The number of nitrogens with zero attached hydrogens (tertiary/aromatic N) is 3. The molecule has 0 bridgehead atoms. The van der Waals surface area contributed by atoms with Gasteiger partial charge in [-0.2, -0.15) is 0 Å². The van der Waals surface area contributed by atoms with Crippen molar-refractivity contribution in [3.63, 3.8) is 0 Å². The zero-order valence-electron chi connectivity index (χ0n) is 12.6. The van der Waals surface area contributed by atoms with Gasteiger partial charge in [0, 0.05) is 30.9 Å². The van der Waals surface area contributed by atoms with E-state index in [4.69, 9.17) is 0 Å². The molecule has 1 aliphatic rings. The largest absolute Gasteiger partial charge is 0.389 e. The van der Waals surface area contributed by atoms with Gasteiger partial charge in [0.25, 0.3) is 0 Å². The number of β-amino-alcohol motifs (C(OH)–C–C–N with tert-alkyl or cyclic N) is 1. The van der Waals surface area contributed by atoms with Crippen LogP contribution >= 0.6 is 11.3 Å². The van der Waals surface area contributed by atoms with Crippen molar-refractivity contribution < 1.29 is 9.90 Å². The van der Waals surface area contributed by atoms with Crippen LogP contribution < -0.4 is 5.32 Å². The van der Waals surface area contributed by atoms with E-state index < -0.39 is 6.10 Å². The fraction of sp³-hybridized carbons (Fsp3) is 0.533. The Kier molecular flexibility index (Phi) is 4.54. The zero-order valence-corrected chi connectivity index (χ0v) is 13.4. The van der Waals surface area contributed by atoms with E-state index in [0.717, 1.165) is 35.4 Å².